The van der Waals surface area contributed by atoms with Crippen LogP contribution in [0.3, 0.4) is 0 Å². The SMILES string of the molecule is C[C@H]1CO[C@@]2([NH+]=C(N)[C@@]3(C#N)[C@](C)(c4ccc(-c5ccccc5)cc4)[C@@]23C#N)O1. The number of rotatable bonds is 2. The lowest BCUT2D eigenvalue weighted by molar-refractivity contribution is -0.679. The predicted octanol–water partition coefficient (Wildman–Crippen LogP) is 1.19. The lowest BCUT2D eigenvalue weighted by Crippen LogP contribution is -2.90. The topological polar surface area (TPSA) is 106 Å². The summed E-state index contributed by atoms with van der Waals surface area (Å²) in [6.07, 6.45) is -0.208. The molecule has 1 saturated heterocycles. The Labute approximate surface area is 169 Å². The average molecular weight is 385 g/mol. The van der Waals surface area contributed by atoms with Crippen LogP contribution in [0.5, 0.6) is 0 Å². The van der Waals surface area contributed by atoms with Gasteiger partial charge in [-0.25, -0.2) is 4.99 Å². The van der Waals surface area contributed by atoms with Crippen molar-refractivity contribution in [1.82, 2.24) is 0 Å². The van der Waals surface area contributed by atoms with Gasteiger partial charge in [0.2, 0.25) is 0 Å². The molecule has 2 aliphatic heterocycles. The molecule has 3 aliphatic rings. The fourth-order valence-electron chi connectivity index (χ4n) is 5.56. The van der Waals surface area contributed by atoms with Crippen molar-refractivity contribution >= 4 is 5.84 Å². The number of nitrogens with one attached hydrogen (secondary N) is 1. The maximum absolute atomic E-state index is 10.4. The number of nitriles is 2. The zero-order chi connectivity index (χ0) is 20.5. The van der Waals surface area contributed by atoms with Gasteiger partial charge in [0, 0.05) is 0 Å². The monoisotopic (exact) mass is 385 g/mol. The van der Waals surface area contributed by atoms with E-state index in [1.54, 1.807) is 0 Å². The molecule has 1 spiro atoms. The summed E-state index contributed by atoms with van der Waals surface area (Å²) in [5.41, 5.74) is 5.95. The van der Waals surface area contributed by atoms with Crippen molar-refractivity contribution in [2.45, 2.75) is 31.3 Å². The van der Waals surface area contributed by atoms with Crippen molar-refractivity contribution in [1.29, 1.82) is 10.5 Å². The van der Waals surface area contributed by atoms with Crippen LogP contribution in [0, 0.1) is 33.5 Å². The molecule has 5 atom stereocenters. The Morgan fingerprint density at radius 1 is 1.03 bits per heavy atom. The fraction of sp³-hybridized carbons (Fsp3) is 0.348. The van der Waals surface area contributed by atoms with E-state index in [4.69, 9.17) is 15.2 Å². The smallest absolute Gasteiger partial charge is 0.311 e. The van der Waals surface area contributed by atoms with Crippen LogP contribution < -0.4 is 10.7 Å². The summed E-state index contributed by atoms with van der Waals surface area (Å²) in [4.78, 5) is 3.01. The maximum Gasteiger partial charge on any atom is 0.344 e. The maximum atomic E-state index is 10.4. The second-order valence-electron chi connectivity index (χ2n) is 8.19. The van der Waals surface area contributed by atoms with Crippen molar-refractivity contribution in [2.24, 2.45) is 16.6 Å². The van der Waals surface area contributed by atoms with Crippen molar-refractivity contribution in [3.63, 3.8) is 0 Å². The number of nitrogens with two attached hydrogens (primary N) is 1. The molecule has 0 amide bonds. The number of fused-ring (bicyclic) bond motifs is 2. The molecule has 0 aromatic heterocycles. The van der Waals surface area contributed by atoms with Crippen LogP contribution in [0.4, 0.5) is 0 Å². The van der Waals surface area contributed by atoms with Gasteiger partial charge in [-0.05, 0) is 23.6 Å². The van der Waals surface area contributed by atoms with Crippen LogP contribution >= 0.6 is 0 Å². The molecule has 1 aliphatic carbocycles. The molecule has 5 rings (SSSR count). The van der Waals surface area contributed by atoms with Crippen molar-refractivity contribution in [3.05, 3.63) is 60.2 Å². The molecule has 0 unspecified atom stereocenters. The molecule has 2 fully saturated rings. The van der Waals surface area contributed by atoms with Crippen molar-refractivity contribution in [3.8, 4) is 23.3 Å². The highest BCUT2D eigenvalue weighted by molar-refractivity contribution is 5.97. The van der Waals surface area contributed by atoms with E-state index in [0.717, 1.165) is 16.7 Å². The van der Waals surface area contributed by atoms with Gasteiger partial charge in [-0.1, -0.05) is 61.5 Å². The van der Waals surface area contributed by atoms with Crippen LogP contribution in [0.15, 0.2) is 54.6 Å². The Morgan fingerprint density at radius 2 is 1.69 bits per heavy atom. The van der Waals surface area contributed by atoms with Gasteiger partial charge < -0.3 is 9.47 Å². The molecule has 0 bridgehead atoms. The number of hydrogen-bond donors (Lipinski definition) is 2. The van der Waals surface area contributed by atoms with Gasteiger partial charge in [0.15, 0.2) is 10.8 Å². The molecule has 6 nitrogen and oxygen atoms in total. The van der Waals surface area contributed by atoms with Gasteiger partial charge in [-0.2, -0.15) is 10.5 Å². The largest absolute Gasteiger partial charge is 0.344 e. The molecule has 3 N–H and O–H groups in total. The van der Waals surface area contributed by atoms with E-state index in [2.05, 4.69) is 17.1 Å². The molecule has 2 aromatic rings. The summed E-state index contributed by atoms with van der Waals surface area (Å²) < 4.78 is 12.0. The lowest BCUT2D eigenvalue weighted by atomic mass is 9.84. The van der Waals surface area contributed by atoms with E-state index < -0.39 is 22.2 Å². The zero-order valence-corrected chi connectivity index (χ0v) is 16.3. The van der Waals surface area contributed by atoms with Gasteiger partial charge in [0.05, 0.1) is 30.3 Å². The van der Waals surface area contributed by atoms with E-state index in [9.17, 15) is 10.5 Å². The third-order valence-corrected chi connectivity index (χ3v) is 6.99. The average Bonchev–Trinajstić information content (AvgIpc) is 2.92. The Morgan fingerprint density at radius 3 is 2.24 bits per heavy atom. The summed E-state index contributed by atoms with van der Waals surface area (Å²) in [5, 5.41) is 20.6. The Balaban J connectivity index is 1.65. The van der Waals surface area contributed by atoms with E-state index in [0.29, 0.717) is 6.61 Å². The van der Waals surface area contributed by atoms with E-state index >= 15 is 0 Å². The van der Waals surface area contributed by atoms with Crippen LogP contribution in [-0.4, -0.2) is 24.5 Å². The molecule has 29 heavy (non-hydrogen) atoms. The summed E-state index contributed by atoms with van der Waals surface area (Å²) in [6, 6.07) is 22.7. The summed E-state index contributed by atoms with van der Waals surface area (Å²) in [7, 11) is 0. The minimum Gasteiger partial charge on any atom is -0.311 e. The van der Waals surface area contributed by atoms with E-state index in [-0.39, 0.29) is 11.9 Å². The number of hydrogen-bond acceptors (Lipinski definition) is 5. The molecule has 1 saturated carbocycles. The Bertz CT molecular complexity index is 1120. The first-order valence-electron chi connectivity index (χ1n) is 9.64. The summed E-state index contributed by atoms with van der Waals surface area (Å²) >= 11 is 0. The molecule has 2 heterocycles. The molecular weight excluding hydrogens is 364 g/mol. The van der Waals surface area contributed by atoms with Crippen LogP contribution in [0.1, 0.15) is 19.4 Å². The Hall–Kier alpha value is -3.19. The van der Waals surface area contributed by atoms with Gasteiger partial charge in [0.1, 0.15) is 0 Å². The third-order valence-electron chi connectivity index (χ3n) is 6.99. The van der Waals surface area contributed by atoms with Gasteiger partial charge >= 0.3 is 5.91 Å². The highest BCUT2D eigenvalue weighted by Crippen LogP contribution is 2.82. The second-order valence-corrected chi connectivity index (χ2v) is 8.19. The standard InChI is InChI=1S/C23H20N4O2/c1-15-12-28-23(29-15)22(14-25)20(2,21(22,13-24)19(26)27-23)18-10-8-17(9-11-18)16-6-4-3-5-7-16/h3-11,15H,12H2,1-2H3,(H2,26,27)/p+1/t15-,20-,21-,22+,23+/m0/s1. The van der Waals surface area contributed by atoms with Crippen molar-refractivity contribution in [2.75, 3.05) is 6.61 Å². The highest BCUT2D eigenvalue weighted by Gasteiger charge is 3.03. The lowest BCUT2D eigenvalue weighted by Gasteiger charge is -2.27. The van der Waals surface area contributed by atoms with Gasteiger partial charge in [-0.15, -0.1) is 0 Å². The molecular formula is C23H21N4O2+. The highest BCUT2D eigenvalue weighted by atomic mass is 16.8. The number of nitrogens with zero attached hydrogens (tertiary/aromatic N) is 2. The van der Waals surface area contributed by atoms with Crippen LogP contribution in [0.2, 0.25) is 0 Å². The van der Waals surface area contributed by atoms with Crippen LogP contribution in [0.25, 0.3) is 11.1 Å². The minimum absolute atomic E-state index is 0.208. The molecule has 144 valence electrons. The van der Waals surface area contributed by atoms with E-state index in [1.807, 2.05) is 68.4 Å². The van der Waals surface area contributed by atoms with Gasteiger partial charge in [0.25, 0.3) is 5.84 Å². The first-order valence-corrected chi connectivity index (χ1v) is 9.64. The second kappa shape index (κ2) is 5.45. The normalized spacial score (nSPS) is 39.4. The Kier molecular flexibility index (Phi) is 3.36. The number of benzene rings is 2. The zero-order valence-electron chi connectivity index (χ0n) is 16.3. The first-order chi connectivity index (χ1) is 13.9. The molecule has 0 radical (unpaired) electrons. The molecule has 2 aromatic carbocycles. The molecule has 6 heteroatoms. The summed E-state index contributed by atoms with van der Waals surface area (Å²) in [5.74, 6) is -1.20. The van der Waals surface area contributed by atoms with Crippen LogP contribution in [-0.2, 0) is 14.9 Å². The predicted molar refractivity (Wildman–Crippen MR) is 105 cm³/mol. The minimum atomic E-state index is -1.42. The quantitative estimate of drug-likeness (QED) is 0.808. The number of ether oxygens (including phenoxy) is 2. The van der Waals surface area contributed by atoms with Gasteiger partial charge in [-0.3, -0.25) is 5.73 Å². The first kappa shape index (κ1) is 17.9. The summed E-state index contributed by atoms with van der Waals surface area (Å²) in [6.45, 7) is 4.11. The third kappa shape index (κ3) is 1.71. The fourth-order valence-corrected chi connectivity index (χ4v) is 5.56. The van der Waals surface area contributed by atoms with E-state index in [1.165, 1.54) is 0 Å². The number of amidine groups is 1. The van der Waals surface area contributed by atoms with Crippen molar-refractivity contribution < 1.29 is 14.5 Å².